The number of esters is 1. The SMILES string of the molecule is C[n+]1cncc(-c2cccc(O[C@H]3C[C@@H]4CN(C(=O)n5ccc(C(=O)OC(C)(C)C)n5)C[C@@H]4C3)c2)c1. The van der Waals surface area contributed by atoms with Crippen LogP contribution >= 0.6 is 0 Å². The molecule has 1 saturated heterocycles. The lowest BCUT2D eigenvalue weighted by Gasteiger charge is -2.20. The number of rotatable bonds is 4. The predicted octanol–water partition coefficient (Wildman–Crippen LogP) is 3.48. The van der Waals surface area contributed by atoms with E-state index in [4.69, 9.17) is 9.47 Å². The quantitative estimate of drug-likeness (QED) is 0.411. The first kappa shape index (κ1) is 24.0. The second kappa shape index (κ2) is 9.37. The van der Waals surface area contributed by atoms with Crippen molar-refractivity contribution in [1.82, 2.24) is 19.7 Å². The van der Waals surface area contributed by atoms with Gasteiger partial charge in [0.1, 0.15) is 17.5 Å². The van der Waals surface area contributed by atoms with Crippen molar-refractivity contribution in [3.63, 3.8) is 0 Å². The van der Waals surface area contributed by atoms with Crippen LogP contribution in [0.3, 0.4) is 0 Å². The fourth-order valence-corrected chi connectivity index (χ4v) is 5.11. The van der Waals surface area contributed by atoms with E-state index in [1.54, 1.807) is 27.1 Å². The monoisotopic (exact) mass is 490 g/mol. The van der Waals surface area contributed by atoms with Gasteiger partial charge in [-0.05, 0) is 69.2 Å². The van der Waals surface area contributed by atoms with Crippen LogP contribution in [0, 0.1) is 11.8 Å². The van der Waals surface area contributed by atoms with E-state index in [0.29, 0.717) is 24.9 Å². The van der Waals surface area contributed by atoms with Gasteiger partial charge in [0.05, 0.1) is 18.7 Å². The molecule has 9 nitrogen and oxygen atoms in total. The second-order valence-corrected chi connectivity index (χ2v) is 10.7. The number of hydrogen-bond donors (Lipinski definition) is 0. The van der Waals surface area contributed by atoms with Crippen LogP contribution in [0.4, 0.5) is 4.79 Å². The topological polar surface area (TPSA) is 90.4 Å². The smallest absolute Gasteiger partial charge is 0.359 e. The molecule has 1 aliphatic carbocycles. The Labute approximate surface area is 210 Å². The van der Waals surface area contributed by atoms with Crippen LogP contribution in [0.1, 0.15) is 44.1 Å². The third-order valence-electron chi connectivity index (χ3n) is 6.65. The van der Waals surface area contributed by atoms with E-state index in [0.717, 1.165) is 29.7 Å². The third kappa shape index (κ3) is 5.24. The molecule has 3 atom stereocenters. The molecular formula is C27H32N5O4+. The van der Waals surface area contributed by atoms with Crippen molar-refractivity contribution < 1.29 is 23.6 Å². The molecule has 2 aliphatic rings. The number of amides is 1. The fourth-order valence-electron chi connectivity index (χ4n) is 5.11. The van der Waals surface area contributed by atoms with Crippen molar-refractivity contribution in [3.8, 4) is 16.9 Å². The van der Waals surface area contributed by atoms with Gasteiger partial charge >= 0.3 is 12.0 Å². The Bertz CT molecular complexity index is 1270. The lowest BCUT2D eigenvalue weighted by atomic mass is 10.0. The fraction of sp³-hybridized carbons (Fsp3) is 0.444. The Hall–Kier alpha value is -3.75. The van der Waals surface area contributed by atoms with E-state index >= 15 is 0 Å². The number of carbonyl (C=O) groups excluding carboxylic acids is 2. The molecule has 0 N–H and O–H groups in total. The first-order valence-electron chi connectivity index (χ1n) is 12.3. The number of aromatic nitrogens is 4. The van der Waals surface area contributed by atoms with E-state index in [2.05, 4.69) is 22.2 Å². The molecule has 36 heavy (non-hydrogen) atoms. The summed E-state index contributed by atoms with van der Waals surface area (Å²) in [6.45, 7) is 6.72. The summed E-state index contributed by atoms with van der Waals surface area (Å²) < 4.78 is 14.9. The van der Waals surface area contributed by atoms with Crippen molar-refractivity contribution in [2.75, 3.05) is 13.1 Å². The van der Waals surface area contributed by atoms with E-state index in [1.807, 2.05) is 41.0 Å². The van der Waals surface area contributed by atoms with E-state index in [1.165, 1.54) is 16.9 Å². The van der Waals surface area contributed by atoms with Crippen molar-refractivity contribution >= 4 is 12.0 Å². The standard InChI is InChI=1S/C27H32N5O4/c1-27(2,3)36-25(33)24-8-9-32(29-24)26(34)31-15-19-11-23(12-20(19)16-31)35-22-7-5-6-18(10-22)21-13-28-17-30(4)14-21/h5-10,13-14,17,19-20,23H,11-12,15-16H2,1-4H3/q+1/t19-,20+,23+. The summed E-state index contributed by atoms with van der Waals surface area (Å²) >= 11 is 0. The van der Waals surface area contributed by atoms with E-state index in [-0.39, 0.29) is 17.8 Å². The summed E-state index contributed by atoms with van der Waals surface area (Å²) in [4.78, 5) is 31.3. The molecule has 0 unspecified atom stereocenters. The van der Waals surface area contributed by atoms with Crippen LogP contribution in [0.15, 0.2) is 55.2 Å². The summed E-state index contributed by atoms with van der Waals surface area (Å²) in [6.07, 6.45) is 9.11. The third-order valence-corrected chi connectivity index (χ3v) is 6.65. The number of fused-ring (bicyclic) bond motifs is 1. The molecule has 1 amide bonds. The van der Waals surface area contributed by atoms with E-state index in [9.17, 15) is 9.59 Å². The minimum atomic E-state index is -0.617. The number of ether oxygens (including phenoxy) is 2. The number of aryl methyl sites for hydroxylation is 1. The Balaban J connectivity index is 1.17. The summed E-state index contributed by atoms with van der Waals surface area (Å²) in [5.74, 6) is 1.10. The van der Waals surface area contributed by atoms with Gasteiger partial charge in [-0.3, -0.25) is 0 Å². The van der Waals surface area contributed by atoms with Crippen molar-refractivity contribution in [3.05, 3.63) is 60.9 Å². The summed E-state index contributed by atoms with van der Waals surface area (Å²) in [7, 11) is 1.95. The molecule has 0 spiro atoms. The van der Waals surface area contributed by atoms with Crippen LogP contribution < -0.4 is 9.30 Å². The maximum absolute atomic E-state index is 13.0. The molecule has 1 saturated carbocycles. The molecule has 5 rings (SSSR count). The van der Waals surface area contributed by atoms with E-state index < -0.39 is 11.6 Å². The van der Waals surface area contributed by atoms with Crippen LogP contribution in [0.25, 0.3) is 11.1 Å². The lowest BCUT2D eigenvalue weighted by Crippen LogP contribution is -2.35. The number of carbonyl (C=O) groups is 2. The van der Waals surface area contributed by atoms with Gasteiger partial charge in [0.25, 0.3) is 6.33 Å². The predicted molar refractivity (Wildman–Crippen MR) is 131 cm³/mol. The highest BCUT2D eigenvalue weighted by atomic mass is 16.6. The van der Waals surface area contributed by atoms with Crippen LogP contribution in [-0.2, 0) is 11.8 Å². The van der Waals surface area contributed by atoms with Gasteiger partial charge in [0, 0.05) is 19.3 Å². The minimum absolute atomic E-state index is 0.126. The Morgan fingerprint density at radius 2 is 1.83 bits per heavy atom. The lowest BCUT2D eigenvalue weighted by molar-refractivity contribution is -0.674. The normalized spacial score (nSPS) is 21.3. The highest BCUT2D eigenvalue weighted by molar-refractivity contribution is 5.88. The Kier molecular flexibility index (Phi) is 6.24. The van der Waals surface area contributed by atoms with Crippen LogP contribution in [0.5, 0.6) is 5.75 Å². The molecule has 3 aromatic rings. The van der Waals surface area contributed by atoms with Crippen LogP contribution in [-0.4, -0.2) is 56.5 Å². The van der Waals surface area contributed by atoms with Gasteiger partial charge in [0.2, 0.25) is 0 Å². The molecule has 0 radical (unpaired) electrons. The van der Waals surface area contributed by atoms with Gasteiger partial charge in [-0.1, -0.05) is 17.1 Å². The number of likely N-dealkylation sites (tertiary alicyclic amines) is 1. The van der Waals surface area contributed by atoms with Gasteiger partial charge in [-0.15, -0.1) is 0 Å². The van der Waals surface area contributed by atoms with Gasteiger partial charge in [-0.25, -0.2) is 14.2 Å². The molecule has 3 heterocycles. The minimum Gasteiger partial charge on any atom is -0.490 e. The molecule has 2 fully saturated rings. The zero-order valence-electron chi connectivity index (χ0n) is 21.1. The zero-order valence-corrected chi connectivity index (χ0v) is 21.1. The number of nitrogens with zero attached hydrogens (tertiary/aromatic N) is 5. The summed E-state index contributed by atoms with van der Waals surface area (Å²) in [6, 6.07) is 9.41. The summed E-state index contributed by atoms with van der Waals surface area (Å²) in [5, 5.41) is 4.16. The van der Waals surface area contributed by atoms with Crippen molar-refractivity contribution in [1.29, 1.82) is 0 Å². The first-order valence-corrected chi connectivity index (χ1v) is 12.3. The van der Waals surface area contributed by atoms with Crippen molar-refractivity contribution in [2.45, 2.75) is 45.3 Å². The zero-order chi connectivity index (χ0) is 25.4. The Morgan fingerprint density at radius 3 is 2.53 bits per heavy atom. The number of benzene rings is 1. The Morgan fingerprint density at radius 1 is 1.08 bits per heavy atom. The van der Waals surface area contributed by atoms with Crippen molar-refractivity contribution in [2.24, 2.45) is 18.9 Å². The molecule has 188 valence electrons. The maximum atomic E-state index is 13.0. The van der Waals surface area contributed by atoms with Gasteiger partial charge < -0.3 is 14.4 Å². The molecular weight excluding hydrogens is 458 g/mol. The molecule has 1 aliphatic heterocycles. The highest BCUT2D eigenvalue weighted by Crippen LogP contribution is 2.40. The highest BCUT2D eigenvalue weighted by Gasteiger charge is 2.43. The molecule has 2 aromatic heterocycles. The molecule has 9 heteroatoms. The summed E-state index contributed by atoms with van der Waals surface area (Å²) in [5.41, 5.74) is 1.62. The second-order valence-electron chi connectivity index (χ2n) is 10.7. The largest absolute Gasteiger partial charge is 0.490 e. The van der Waals surface area contributed by atoms with Crippen LogP contribution in [0.2, 0.25) is 0 Å². The molecule has 0 bridgehead atoms. The average molecular weight is 491 g/mol. The van der Waals surface area contributed by atoms with Gasteiger partial charge in [0.15, 0.2) is 11.9 Å². The maximum Gasteiger partial charge on any atom is 0.359 e. The number of hydrogen-bond acceptors (Lipinski definition) is 6. The van der Waals surface area contributed by atoms with Gasteiger partial charge in [-0.2, -0.15) is 9.78 Å². The average Bonchev–Trinajstić information content (AvgIpc) is 3.53. The molecule has 1 aromatic carbocycles. The first-order chi connectivity index (χ1) is 17.1.